The lowest BCUT2D eigenvalue weighted by Crippen LogP contribution is -2.13. The maximum Gasteiger partial charge on any atom is 0.341 e. The molecule has 127 heavy (non-hydrogen) atoms. The van der Waals surface area contributed by atoms with Gasteiger partial charge in [0.1, 0.15) is 39.6 Å². The van der Waals surface area contributed by atoms with E-state index >= 15 is 0 Å². The van der Waals surface area contributed by atoms with E-state index < -0.39 is 35.6 Å². The summed E-state index contributed by atoms with van der Waals surface area (Å²) in [7, 11) is 3.98. The first-order chi connectivity index (χ1) is 61.7. The first kappa shape index (κ1) is 87.3. The highest BCUT2D eigenvalue weighted by molar-refractivity contribution is 7.10. The number of para-hydroxylation sites is 3. The van der Waals surface area contributed by atoms with Gasteiger partial charge in [0.25, 0.3) is 29.5 Å². The van der Waals surface area contributed by atoms with E-state index in [1.165, 1.54) is 64.3 Å². The van der Waals surface area contributed by atoms with Gasteiger partial charge >= 0.3 is 11.9 Å². The second kappa shape index (κ2) is 41.1. The number of amides is 5. The summed E-state index contributed by atoms with van der Waals surface area (Å²) in [6, 6.07) is 76.6. The summed E-state index contributed by atoms with van der Waals surface area (Å²) in [5, 5.41) is 83.5. The number of fused-ring (bicyclic) bond motifs is 4. The molecule has 0 unspecified atom stereocenters. The number of rotatable bonds is 20. The predicted octanol–water partition coefficient (Wildman–Crippen LogP) is 23.0. The first-order valence-corrected chi connectivity index (χ1v) is 39.2. The van der Waals surface area contributed by atoms with E-state index in [4.69, 9.17) is 38.1 Å². The molecule has 4 heterocycles. The Balaban J connectivity index is 0.000000145. The number of aromatic nitrogens is 4. The molecule has 0 bridgehead atoms. The Morgan fingerprint density at radius 3 is 1.20 bits per heavy atom. The number of benzene rings is 12. The van der Waals surface area contributed by atoms with Crippen LogP contribution < -0.4 is 31.7 Å². The Hall–Kier alpha value is -17.6. The fraction of sp³-hybridized carbons (Fsp3) is 0.0426. The van der Waals surface area contributed by atoms with Gasteiger partial charge in [-0.15, -0.1) is 40.9 Å². The quantitative estimate of drug-likeness (QED) is 0.0200. The van der Waals surface area contributed by atoms with Gasteiger partial charge in [-0.25, -0.2) is 28.8 Å². The molecule has 5 amide bonds. The molecule has 4 aromatic heterocycles. The van der Waals surface area contributed by atoms with Crippen molar-refractivity contribution in [2.45, 2.75) is 6.92 Å². The Morgan fingerprint density at radius 2 is 0.780 bits per heavy atom. The fourth-order valence-corrected chi connectivity index (χ4v) is 13.3. The van der Waals surface area contributed by atoms with E-state index in [0.717, 1.165) is 22.3 Å². The van der Waals surface area contributed by atoms with Crippen molar-refractivity contribution in [1.82, 2.24) is 19.3 Å². The largest absolute Gasteiger partial charge is 0.505 e. The lowest BCUT2D eigenvalue weighted by Gasteiger charge is -2.14. The number of aryl methyl sites for hydroxylation is 1. The van der Waals surface area contributed by atoms with Crippen molar-refractivity contribution in [2.75, 3.05) is 42.6 Å². The van der Waals surface area contributed by atoms with Gasteiger partial charge in [-0.1, -0.05) is 163 Å². The van der Waals surface area contributed by atoms with Crippen LogP contribution in [0.15, 0.2) is 333 Å². The molecule has 0 aliphatic carbocycles. The number of anilines is 4. The minimum Gasteiger partial charge on any atom is -0.505 e. The number of carbonyl (C=O) groups is 7. The third-order valence-corrected chi connectivity index (χ3v) is 19.8. The molecule has 33 heteroatoms. The highest BCUT2D eigenvalue weighted by Crippen LogP contribution is 2.46. The topological polar surface area (TPSA) is 437 Å². The molecule has 0 atom stereocenters. The summed E-state index contributed by atoms with van der Waals surface area (Å²) >= 11 is 7.03. The summed E-state index contributed by atoms with van der Waals surface area (Å²) in [6.07, 6.45) is 5.69. The molecule has 0 aliphatic heterocycles. The Morgan fingerprint density at radius 1 is 0.409 bits per heavy atom. The average molecular weight is 1730 g/mol. The summed E-state index contributed by atoms with van der Waals surface area (Å²) in [6.45, 7) is 9.10. The van der Waals surface area contributed by atoms with Gasteiger partial charge in [0.2, 0.25) is 5.69 Å². The van der Waals surface area contributed by atoms with Crippen LogP contribution in [0, 0.1) is 13.5 Å². The number of nitrogens with two attached hydrogens (primary N) is 1. The van der Waals surface area contributed by atoms with Crippen LogP contribution in [0.2, 0.25) is 5.02 Å². The van der Waals surface area contributed by atoms with Gasteiger partial charge in [-0.3, -0.25) is 29.0 Å². The molecule has 0 fully saturated rings. The highest BCUT2D eigenvalue weighted by atomic mass is 35.5. The molecule has 0 aliphatic rings. The van der Waals surface area contributed by atoms with Crippen molar-refractivity contribution in [1.29, 1.82) is 0 Å². The summed E-state index contributed by atoms with van der Waals surface area (Å²) in [5.74, 6) is -4.45. The monoisotopic (exact) mass is 1720 g/mol. The SMILES string of the molecule is COC(=O)c1cccnc1N=Nc1c(O)c(C(=O)Nc2ccccc2)cc2ccccc12.COC(=O)c1cnccc1N=Nc1c(O)c(C(=O)Nc2ccccc2)cc2ccccc12.NC(=O)c1cccnc1N=Nc1c(O)c(C(=O)Nc2ccccc2)cc2ccccc12.[C-]#[N+]c1c(C)nsc1N=Nc1c(OC)c(C(=O)Nc2ccc(Cl)cc2)cc2ccccc12. The molecule has 0 saturated carbocycles. The second-order valence-electron chi connectivity index (χ2n) is 26.8. The standard InChI is InChI=1S/2C24H18N4O4.C23H16ClN5O2S.C23H17N5O3/c1-32-24(31)18-12-7-13-25-22(18)28-27-20-17-11-6-5-8-15(17)14-19(21(20)29)23(30)26-16-9-3-2-4-10-16;1-32-24(31)19-14-25-12-11-20(19)27-28-21-17-10-6-5-7-15(17)13-18(22(21)29)23(30)26-16-8-3-2-4-9-16;1-13-19(25-2)23(32-29-13)28-27-20-17-7-5-4-6-14(17)12-18(21(20)31-3)22(30)26-16-10-8-15(24)9-11-16;24-21(30)17-11-6-12-25-22(17)28-27-19-16-10-5-4-7-14(16)13-18(20(19)29)23(31)26-15-8-2-1-3-9-15/h2*2-14,29H,1H3,(H,26,30);4-12H,1,3H3,(H,26,30);1-13,29H,(H2,24,30)(H,26,31). The van der Waals surface area contributed by atoms with Crippen LogP contribution in [-0.4, -0.2) is 97.4 Å². The minimum absolute atomic E-state index is 0.0117. The van der Waals surface area contributed by atoms with E-state index in [9.17, 15) is 48.9 Å². The summed E-state index contributed by atoms with van der Waals surface area (Å²) < 4.78 is 19.3. The molecule has 16 rings (SSSR count). The normalized spacial score (nSPS) is 10.9. The number of phenolic OH excluding ortho intramolecular Hbond substituents is 3. The van der Waals surface area contributed by atoms with E-state index in [1.54, 1.807) is 195 Å². The van der Waals surface area contributed by atoms with E-state index in [2.05, 4.69) is 86.4 Å². The number of hydrogen-bond acceptors (Lipinski definition) is 26. The van der Waals surface area contributed by atoms with Crippen LogP contribution in [0.5, 0.6) is 23.0 Å². The maximum absolute atomic E-state index is 13.1. The zero-order chi connectivity index (χ0) is 89.5. The Kier molecular flexibility index (Phi) is 28.3. The third kappa shape index (κ3) is 20.9. The number of phenols is 3. The van der Waals surface area contributed by atoms with E-state index in [-0.39, 0.29) is 96.7 Å². The molecule has 0 spiro atoms. The number of azo groups is 4. The summed E-state index contributed by atoms with van der Waals surface area (Å²) in [4.78, 5) is 103. The molecule has 626 valence electrons. The number of carbonyl (C=O) groups excluding carboxylic acids is 7. The Bertz CT molecular complexity index is 6860. The molecule has 16 aromatic rings. The number of nitrogens with zero attached hydrogens (tertiary/aromatic N) is 13. The van der Waals surface area contributed by atoms with Crippen LogP contribution >= 0.6 is 23.1 Å². The number of esters is 2. The smallest absolute Gasteiger partial charge is 0.341 e. The molecular weight excluding hydrogens is 1660 g/mol. The van der Waals surface area contributed by atoms with Crippen LogP contribution in [-0.2, 0) is 9.47 Å². The van der Waals surface area contributed by atoms with Gasteiger partial charge in [0, 0.05) is 74.1 Å². The van der Waals surface area contributed by atoms with Crippen molar-refractivity contribution in [3.8, 4) is 23.0 Å². The van der Waals surface area contributed by atoms with E-state index in [1.807, 2.05) is 60.7 Å². The number of ether oxygens (including phenoxy) is 3. The second-order valence-corrected chi connectivity index (χ2v) is 28.0. The van der Waals surface area contributed by atoms with Gasteiger partial charge < -0.3 is 56.5 Å². The van der Waals surface area contributed by atoms with Gasteiger partial charge in [0.05, 0.1) is 61.4 Å². The van der Waals surface area contributed by atoms with Crippen LogP contribution in [0.4, 0.5) is 73.5 Å². The number of methoxy groups -OCH3 is 3. The van der Waals surface area contributed by atoms with Crippen LogP contribution in [0.25, 0.3) is 47.9 Å². The number of aromatic hydroxyl groups is 3. The lowest BCUT2D eigenvalue weighted by atomic mass is 10.0. The number of pyridine rings is 3. The van der Waals surface area contributed by atoms with Crippen molar-refractivity contribution in [2.24, 2.45) is 46.6 Å². The lowest BCUT2D eigenvalue weighted by molar-refractivity contribution is 0.0592. The molecule has 0 saturated heterocycles. The van der Waals surface area contributed by atoms with Crippen molar-refractivity contribution in [3.63, 3.8) is 0 Å². The minimum atomic E-state index is -0.702. The number of halogens is 1. The maximum atomic E-state index is 13.1. The molecule has 0 radical (unpaired) electrons. The molecular formula is C94H69ClN18O13S. The van der Waals surface area contributed by atoms with Crippen molar-refractivity contribution in [3.05, 3.63) is 353 Å². The van der Waals surface area contributed by atoms with Gasteiger partial charge in [-0.05, 0) is 155 Å². The predicted molar refractivity (Wildman–Crippen MR) is 484 cm³/mol. The number of hydrogen-bond donors (Lipinski definition) is 8. The molecule has 9 N–H and O–H groups in total. The van der Waals surface area contributed by atoms with Crippen LogP contribution in [0.3, 0.4) is 0 Å². The van der Waals surface area contributed by atoms with Gasteiger partial charge in [-0.2, -0.15) is 0 Å². The molecule has 12 aromatic carbocycles. The summed E-state index contributed by atoms with van der Waals surface area (Å²) in [5.41, 5.74) is 10.3. The molecule has 31 nitrogen and oxygen atoms in total. The average Bonchev–Trinajstić information content (AvgIpc) is 1.00. The van der Waals surface area contributed by atoms with E-state index in [0.29, 0.717) is 87.7 Å². The zero-order valence-electron chi connectivity index (χ0n) is 67.3. The van der Waals surface area contributed by atoms with Crippen molar-refractivity contribution >= 4 is 181 Å². The first-order valence-electron chi connectivity index (χ1n) is 38.0. The highest BCUT2D eigenvalue weighted by Gasteiger charge is 2.26. The zero-order valence-corrected chi connectivity index (χ0v) is 68.9. The van der Waals surface area contributed by atoms with Crippen LogP contribution in [0.1, 0.15) is 78.2 Å². The fourth-order valence-electron chi connectivity index (χ4n) is 12.5. The third-order valence-electron chi connectivity index (χ3n) is 18.7. The Labute approximate surface area is 731 Å². The van der Waals surface area contributed by atoms with Gasteiger partial charge in [0.15, 0.2) is 39.6 Å². The number of primary amides is 1. The van der Waals surface area contributed by atoms with Crippen molar-refractivity contribution < 1.29 is 63.1 Å². The number of nitrogens with one attached hydrogen (secondary N) is 4.